The van der Waals surface area contributed by atoms with Crippen molar-refractivity contribution in [1.82, 2.24) is 0 Å². The third-order valence-corrected chi connectivity index (χ3v) is 5.31. The number of carbonyl (C=O) groups excluding carboxylic acids is 2. The summed E-state index contributed by atoms with van der Waals surface area (Å²) in [6, 6.07) is 7.27. The second-order valence-corrected chi connectivity index (χ2v) is 10.3. The molecule has 0 aliphatic carbocycles. The highest BCUT2D eigenvalue weighted by Gasteiger charge is 2.15. The summed E-state index contributed by atoms with van der Waals surface area (Å²) in [7, 11) is 0. The molecule has 43 heavy (non-hydrogen) atoms. The van der Waals surface area contributed by atoms with Gasteiger partial charge in [-0.25, -0.2) is 9.59 Å². The summed E-state index contributed by atoms with van der Waals surface area (Å²) in [5.74, 6) is -0.755. The zero-order valence-electron chi connectivity index (χ0n) is 26.5. The predicted molar refractivity (Wildman–Crippen MR) is 162 cm³/mol. The summed E-state index contributed by atoms with van der Waals surface area (Å²) < 4.78 is 48.2. The van der Waals surface area contributed by atoms with Crippen LogP contribution in [0.2, 0.25) is 0 Å². The van der Waals surface area contributed by atoms with E-state index in [1.807, 2.05) is 32.9 Å². The summed E-state index contributed by atoms with van der Waals surface area (Å²) in [6.07, 6.45) is 2.24. The standard InChI is InChI=1S/C31H53NO11/c1-5-6-11-32-28-9-7-27(8-10-28)30(34)42-25-24-40-21-20-38-17-16-36-13-12-35-14-15-37-18-19-39-22-23-41-26-29(33)43-31(2,3)4/h7-10,32H,5-6,11-26H2,1-4H3. The lowest BCUT2D eigenvalue weighted by Crippen LogP contribution is -2.27. The number of carbonyl (C=O) groups is 2. The molecule has 1 N–H and O–H groups in total. The number of nitrogens with one attached hydrogen (secondary N) is 1. The van der Waals surface area contributed by atoms with E-state index in [9.17, 15) is 9.59 Å². The Labute approximate surface area is 256 Å². The fourth-order valence-corrected chi connectivity index (χ4v) is 3.26. The smallest absolute Gasteiger partial charge is 0.338 e. The maximum absolute atomic E-state index is 12.1. The van der Waals surface area contributed by atoms with E-state index in [4.69, 9.17) is 42.6 Å². The molecular formula is C31H53NO11. The first-order chi connectivity index (χ1) is 20.8. The van der Waals surface area contributed by atoms with Gasteiger partial charge in [-0.2, -0.15) is 0 Å². The summed E-state index contributed by atoms with van der Waals surface area (Å²) >= 11 is 0. The zero-order chi connectivity index (χ0) is 31.4. The third-order valence-electron chi connectivity index (χ3n) is 5.31. The Hall–Kier alpha value is -2.32. The molecule has 248 valence electrons. The highest BCUT2D eigenvalue weighted by atomic mass is 16.6. The fraction of sp³-hybridized carbons (Fsp3) is 0.742. The molecule has 0 amide bonds. The second-order valence-electron chi connectivity index (χ2n) is 10.3. The molecule has 0 spiro atoms. The van der Waals surface area contributed by atoms with Crippen molar-refractivity contribution < 1.29 is 52.2 Å². The van der Waals surface area contributed by atoms with Crippen LogP contribution in [0.5, 0.6) is 0 Å². The molecule has 0 fully saturated rings. The molecule has 0 aliphatic rings. The van der Waals surface area contributed by atoms with Crippen molar-refractivity contribution in [3.8, 4) is 0 Å². The van der Waals surface area contributed by atoms with E-state index >= 15 is 0 Å². The first kappa shape index (κ1) is 38.7. The lowest BCUT2D eigenvalue weighted by Gasteiger charge is -2.19. The first-order valence-electron chi connectivity index (χ1n) is 15.1. The Balaban J connectivity index is 1.77. The molecule has 0 atom stereocenters. The molecule has 0 aliphatic heterocycles. The van der Waals surface area contributed by atoms with Crippen LogP contribution in [0, 0.1) is 0 Å². The highest BCUT2D eigenvalue weighted by molar-refractivity contribution is 5.89. The Kier molecular flexibility index (Phi) is 23.5. The number of ether oxygens (including phenoxy) is 9. The fourth-order valence-electron chi connectivity index (χ4n) is 3.26. The van der Waals surface area contributed by atoms with Gasteiger partial charge in [0.1, 0.15) is 18.8 Å². The number of benzene rings is 1. The van der Waals surface area contributed by atoms with E-state index in [1.54, 1.807) is 12.1 Å². The van der Waals surface area contributed by atoms with Gasteiger partial charge in [-0.3, -0.25) is 0 Å². The van der Waals surface area contributed by atoms with E-state index in [1.165, 1.54) is 0 Å². The summed E-state index contributed by atoms with van der Waals surface area (Å²) in [5.41, 5.74) is 0.994. The Morgan fingerprint density at radius 3 is 1.47 bits per heavy atom. The number of rotatable bonds is 28. The van der Waals surface area contributed by atoms with Gasteiger partial charge in [-0.1, -0.05) is 13.3 Å². The zero-order valence-corrected chi connectivity index (χ0v) is 26.5. The Bertz CT molecular complexity index is 815. The highest BCUT2D eigenvalue weighted by Crippen LogP contribution is 2.11. The van der Waals surface area contributed by atoms with Crippen LogP contribution in [0.15, 0.2) is 24.3 Å². The normalized spacial score (nSPS) is 11.4. The van der Waals surface area contributed by atoms with Crippen LogP contribution in [0.25, 0.3) is 0 Å². The molecule has 12 heteroatoms. The molecule has 0 unspecified atom stereocenters. The van der Waals surface area contributed by atoms with Crippen LogP contribution in [-0.2, 0) is 47.4 Å². The molecule has 0 radical (unpaired) electrons. The van der Waals surface area contributed by atoms with Gasteiger partial charge < -0.3 is 47.9 Å². The molecule has 0 bridgehead atoms. The maximum Gasteiger partial charge on any atom is 0.338 e. The van der Waals surface area contributed by atoms with Crippen molar-refractivity contribution in [2.45, 2.75) is 46.1 Å². The summed E-state index contributed by atoms with van der Waals surface area (Å²) in [6.45, 7) is 14.1. The van der Waals surface area contributed by atoms with E-state index < -0.39 is 11.6 Å². The van der Waals surface area contributed by atoms with Crippen LogP contribution >= 0.6 is 0 Å². The quantitative estimate of drug-likeness (QED) is 0.109. The third kappa shape index (κ3) is 24.8. The number of anilines is 1. The molecule has 1 aromatic rings. The summed E-state index contributed by atoms with van der Waals surface area (Å²) in [4.78, 5) is 23.6. The monoisotopic (exact) mass is 615 g/mol. The van der Waals surface area contributed by atoms with Crippen molar-refractivity contribution >= 4 is 17.6 Å². The van der Waals surface area contributed by atoms with Crippen LogP contribution in [-0.4, -0.2) is 123 Å². The van der Waals surface area contributed by atoms with Crippen molar-refractivity contribution in [3.63, 3.8) is 0 Å². The van der Waals surface area contributed by atoms with Crippen LogP contribution in [0.4, 0.5) is 5.69 Å². The van der Waals surface area contributed by atoms with Gasteiger partial charge in [-0.15, -0.1) is 0 Å². The van der Waals surface area contributed by atoms with Gasteiger partial charge in [0.25, 0.3) is 0 Å². The lowest BCUT2D eigenvalue weighted by atomic mass is 10.2. The van der Waals surface area contributed by atoms with E-state index in [0.717, 1.165) is 25.1 Å². The lowest BCUT2D eigenvalue weighted by molar-refractivity contribution is -0.160. The second kappa shape index (κ2) is 26.1. The van der Waals surface area contributed by atoms with Crippen LogP contribution in [0.3, 0.4) is 0 Å². The van der Waals surface area contributed by atoms with Crippen molar-refractivity contribution in [2.24, 2.45) is 0 Å². The molecule has 0 saturated carbocycles. The van der Waals surface area contributed by atoms with Gasteiger partial charge in [0, 0.05) is 12.2 Å². The minimum Gasteiger partial charge on any atom is -0.460 e. The van der Waals surface area contributed by atoms with Gasteiger partial charge >= 0.3 is 11.9 Å². The number of esters is 2. The van der Waals surface area contributed by atoms with Gasteiger partial charge in [0.2, 0.25) is 0 Å². The van der Waals surface area contributed by atoms with Crippen molar-refractivity contribution in [3.05, 3.63) is 29.8 Å². The average Bonchev–Trinajstić information content (AvgIpc) is 2.97. The number of hydrogen-bond donors (Lipinski definition) is 1. The molecule has 1 aromatic carbocycles. The van der Waals surface area contributed by atoms with E-state index in [0.29, 0.717) is 91.5 Å². The SMILES string of the molecule is CCCCNc1ccc(C(=O)OCCOCCOCCOCCOCCOCCOCCOCC(=O)OC(C)(C)C)cc1. The van der Waals surface area contributed by atoms with E-state index in [2.05, 4.69) is 12.2 Å². The molecule has 0 saturated heterocycles. The van der Waals surface area contributed by atoms with Gasteiger partial charge in [-0.05, 0) is 51.5 Å². The van der Waals surface area contributed by atoms with Crippen LogP contribution < -0.4 is 5.32 Å². The maximum atomic E-state index is 12.1. The molecule has 1 rings (SSSR count). The van der Waals surface area contributed by atoms with Crippen molar-refractivity contribution in [2.75, 3.05) is 111 Å². The molecule has 0 heterocycles. The molecule has 12 nitrogen and oxygen atoms in total. The number of unbranched alkanes of at least 4 members (excludes halogenated alkanes) is 1. The largest absolute Gasteiger partial charge is 0.460 e. The Morgan fingerprint density at radius 1 is 0.628 bits per heavy atom. The average molecular weight is 616 g/mol. The minimum absolute atomic E-state index is 0.0871. The summed E-state index contributed by atoms with van der Waals surface area (Å²) in [5, 5.41) is 3.31. The number of hydrogen-bond acceptors (Lipinski definition) is 12. The predicted octanol–water partition coefficient (Wildman–Crippen LogP) is 3.51. The van der Waals surface area contributed by atoms with Crippen molar-refractivity contribution in [1.29, 1.82) is 0 Å². The Morgan fingerprint density at radius 2 is 1.05 bits per heavy atom. The van der Waals surface area contributed by atoms with Gasteiger partial charge in [0.05, 0.1) is 91.5 Å². The van der Waals surface area contributed by atoms with Crippen LogP contribution in [0.1, 0.15) is 50.9 Å². The topological polar surface area (TPSA) is 129 Å². The molecule has 0 aromatic heterocycles. The van der Waals surface area contributed by atoms with Gasteiger partial charge in [0.15, 0.2) is 0 Å². The molecular weight excluding hydrogens is 562 g/mol. The first-order valence-corrected chi connectivity index (χ1v) is 15.1. The van der Waals surface area contributed by atoms with E-state index in [-0.39, 0.29) is 19.2 Å². The minimum atomic E-state index is -0.514.